The number of hydrogen-bond donors (Lipinski definition) is 1. The SMILES string of the molecule is CC1(C)O[C@@H]2[C@@H](CCc3ccc4cccnc4c3)C[C@@H](n3ccc4c(N)ncnc43)[C@@H]2O1. The van der Waals surface area contributed by atoms with E-state index in [1.807, 2.05) is 32.2 Å². The minimum Gasteiger partial charge on any atom is -0.383 e. The number of rotatable bonds is 4. The van der Waals surface area contributed by atoms with E-state index in [9.17, 15) is 0 Å². The second-order valence-corrected chi connectivity index (χ2v) is 9.42. The summed E-state index contributed by atoms with van der Waals surface area (Å²) in [5.74, 6) is 0.312. The molecule has 1 saturated carbocycles. The Morgan fingerprint density at radius 2 is 1.97 bits per heavy atom. The standard InChI is InChI=1S/C25H27N5O2/c1-25(2)31-21-17(8-6-15-5-7-16-4-3-10-27-19(16)12-15)13-20(22(21)32-25)30-11-9-18-23(26)28-14-29-24(18)30/h3-5,7,9-12,14,17,20-22H,6,8,13H2,1-2H3,(H2,26,28,29)/t17-,20+,21+,22-/m0/s1. The average molecular weight is 430 g/mol. The lowest BCUT2D eigenvalue weighted by Gasteiger charge is -2.24. The van der Waals surface area contributed by atoms with Gasteiger partial charge in [0.2, 0.25) is 0 Å². The quantitative estimate of drug-likeness (QED) is 0.521. The highest BCUT2D eigenvalue weighted by Crippen LogP contribution is 2.49. The fourth-order valence-electron chi connectivity index (χ4n) is 5.49. The second kappa shape index (κ2) is 7.25. The largest absolute Gasteiger partial charge is 0.383 e. The van der Waals surface area contributed by atoms with Crippen LogP contribution in [-0.4, -0.2) is 37.5 Å². The molecule has 0 amide bonds. The molecule has 4 aromatic rings. The molecule has 2 aliphatic rings. The third-order valence-corrected chi connectivity index (χ3v) is 6.92. The van der Waals surface area contributed by atoms with Crippen LogP contribution in [0.5, 0.6) is 0 Å². The van der Waals surface area contributed by atoms with Gasteiger partial charge in [-0.1, -0.05) is 18.2 Å². The first kappa shape index (κ1) is 19.6. The molecule has 4 atom stereocenters. The number of pyridine rings is 1. The van der Waals surface area contributed by atoms with Gasteiger partial charge in [0.05, 0.1) is 23.0 Å². The van der Waals surface area contributed by atoms with Crippen LogP contribution in [0.25, 0.3) is 21.9 Å². The summed E-state index contributed by atoms with van der Waals surface area (Å²) < 4.78 is 15.0. The summed E-state index contributed by atoms with van der Waals surface area (Å²) >= 11 is 0. The fraction of sp³-hybridized carbons (Fsp3) is 0.400. The Kier molecular flexibility index (Phi) is 4.45. The fourth-order valence-corrected chi connectivity index (χ4v) is 5.49. The monoisotopic (exact) mass is 429 g/mol. The van der Waals surface area contributed by atoms with Crippen LogP contribution in [0.1, 0.15) is 38.3 Å². The maximum absolute atomic E-state index is 6.40. The van der Waals surface area contributed by atoms with Crippen LogP contribution in [0.15, 0.2) is 55.1 Å². The summed E-state index contributed by atoms with van der Waals surface area (Å²) in [6.07, 6.45) is 8.48. The number of aryl methyl sites for hydroxylation is 1. The first-order chi connectivity index (χ1) is 15.5. The highest BCUT2D eigenvalue weighted by atomic mass is 16.8. The Bertz CT molecular complexity index is 1300. The van der Waals surface area contributed by atoms with Gasteiger partial charge in [-0.3, -0.25) is 4.98 Å². The molecule has 0 spiro atoms. The van der Waals surface area contributed by atoms with Crippen molar-refractivity contribution in [1.82, 2.24) is 19.5 Å². The first-order valence-corrected chi connectivity index (χ1v) is 11.2. The molecule has 2 N–H and O–H groups in total. The van der Waals surface area contributed by atoms with Crippen LogP contribution < -0.4 is 5.73 Å². The Hall–Kier alpha value is -3.03. The smallest absolute Gasteiger partial charge is 0.163 e. The number of anilines is 1. The number of ether oxygens (including phenoxy) is 2. The molecule has 1 aliphatic carbocycles. The van der Waals surface area contributed by atoms with E-state index in [2.05, 4.69) is 50.0 Å². The molecule has 164 valence electrons. The van der Waals surface area contributed by atoms with Crippen molar-refractivity contribution in [3.8, 4) is 0 Å². The number of nitrogens with two attached hydrogens (primary N) is 1. The summed E-state index contributed by atoms with van der Waals surface area (Å²) in [6, 6.07) is 12.8. The Morgan fingerprint density at radius 1 is 1.09 bits per heavy atom. The Labute approximate surface area is 186 Å². The zero-order valence-corrected chi connectivity index (χ0v) is 18.3. The summed E-state index contributed by atoms with van der Waals surface area (Å²) in [5.41, 5.74) is 9.28. The number of benzene rings is 1. The topological polar surface area (TPSA) is 88.1 Å². The molecule has 7 nitrogen and oxygen atoms in total. The van der Waals surface area contributed by atoms with E-state index in [-0.39, 0.29) is 18.2 Å². The van der Waals surface area contributed by atoms with E-state index in [1.165, 1.54) is 17.3 Å². The van der Waals surface area contributed by atoms with Gasteiger partial charge in [-0.2, -0.15) is 0 Å². The normalized spacial score (nSPS) is 26.7. The van der Waals surface area contributed by atoms with Crippen molar-refractivity contribution in [3.63, 3.8) is 0 Å². The summed E-state index contributed by atoms with van der Waals surface area (Å²) in [7, 11) is 0. The number of hydrogen-bond acceptors (Lipinski definition) is 6. The predicted octanol–water partition coefficient (Wildman–Crippen LogP) is 4.28. The lowest BCUT2D eigenvalue weighted by Crippen LogP contribution is -2.27. The number of nitrogen functional groups attached to an aromatic ring is 1. The van der Waals surface area contributed by atoms with Crippen LogP contribution in [0.3, 0.4) is 0 Å². The van der Waals surface area contributed by atoms with Gasteiger partial charge in [0, 0.05) is 17.8 Å². The van der Waals surface area contributed by atoms with Crippen molar-refractivity contribution < 1.29 is 9.47 Å². The predicted molar refractivity (Wildman–Crippen MR) is 123 cm³/mol. The van der Waals surface area contributed by atoms with Gasteiger partial charge in [-0.25, -0.2) is 9.97 Å². The molecule has 3 aromatic heterocycles. The lowest BCUT2D eigenvalue weighted by atomic mass is 9.95. The Balaban J connectivity index is 1.28. The average Bonchev–Trinajstić information content (AvgIpc) is 3.44. The molecule has 6 rings (SSSR count). The molecule has 0 bridgehead atoms. The van der Waals surface area contributed by atoms with Gasteiger partial charge >= 0.3 is 0 Å². The maximum atomic E-state index is 6.40. The van der Waals surface area contributed by atoms with Gasteiger partial charge in [0.15, 0.2) is 5.79 Å². The van der Waals surface area contributed by atoms with Gasteiger partial charge in [0.25, 0.3) is 0 Å². The third-order valence-electron chi connectivity index (χ3n) is 6.92. The van der Waals surface area contributed by atoms with Crippen LogP contribution in [0, 0.1) is 5.92 Å². The van der Waals surface area contributed by atoms with Crippen molar-refractivity contribution in [2.75, 3.05) is 5.73 Å². The molecule has 0 unspecified atom stereocenters. The minimum atomic E-state index is -0.587. The van der Waals surface area contributed by atoms with Gasteiger partial charge in [0.1, 0.15) is 23.9 Å². The van der Waals surface area contributed by atoms with Crippen molar-refractivity contribution in [1.29, 1.82) is 0 Å². The highest BCUT2D eigenvalue weighted by Gasteiger charge is 2.54. The van der Waals surface area contributed by atoms with Crippen molar-refractivity contribution in [3.05, 3.63) is 60.7 Å². The Morgan fingerprint density at radius 3 is 2.88 bits per heavy atom. The minimum absolute atomic E-state index is 0.0138. The number of fused-ring (bicyclic) bond motifs is 3. The molecule has 1 saturated heterocycles. The molecule has 4 heterocycles. The summed E-state index contributed by atoms with van der Waals surface area (Å²) in [6.45, 7) is 4.00. The van der Waals surface area contributed by atoms with E-state index >= 15 is 0 Å². The summed E-state index contributed by atoms with van der Waals surface area (Å²) in [4.78, 5) is 13.1. The van der Waals surface area contributed by atoms with Crippen molar-refractivity contribution in [2.45, 2.75) is 57.1 Å². The van der Waals surface area contributed by atoms with Gasteiger partial charge < -0.3 is 19.8 Å². The molecule has 1 aromatic carbocycles. The van der Waals surface area contributed by atoms with Crippen LogP contribution >= 0.6 is 0 Å². The van der Waals surface area contributed by atoms with Crippen LogP contribution in [0.4, 0.5) is 5.82 Å². The van der Waals surface area contributed by atoms with E-state index in [0.29, 0.717) is 11.7 Å². The number of aromatic nitrogens is 4. The number of nitrogens with zero attached hydrogens (tertiary/aromatic N) is 4. The van der Waals surface area contributed by atoms with Crippen LogP contribution in [-0.2, 0) is 15.9 Å². The van der Waals surface area contributed by atoms with E-state index in [0.717, 1.165) is 35.8 Å². The molecular weight excluding hydrogens is 402 g/mol. The maximum Gasteiger partial charge on any atom is 0.163 e. The van der Waals surface area contributed by atoms with Gasteiger partial charge in [-0.15, -0.1) is 0 Å². The van der Waals surface area contributed by atoms with Gasteiger partial charge in [-0.05, 0) is 62.8 Å². The highest BCUT2D eigenvalue weighted by molar-refractivity contribution is 5.86. The second-order valence-electron chi connectivity index (χ2n) is 9.42. The van der Waals surface area contributed by atoms with E-state index < -0.39 is 5.79 Å². The van der Waals surface area contributed by atoms with Crippen LogP contribution in [0.2, 0.25) is 0 Å². The zero-order valence-electron chi connectivity index (χ0n) is 18.3. The summed E-state index contributed by atoms with van der Waals surface area (Å²) in [5, 5.41) is 2.06. The van der Waals surface area contributed by atoms with E-state index in [4.69, 9.17) is 15.2 Å². The lowest BCUT2D eigenvalue weighted by molar-refractivity contribution is -0.160. The molecule has 2 fully saturated rings. The first-order valence-electron chi connectivity index (χ1n) is 11.2. The zero-order chi connectivity index (χ0) is 21.9. The molecular formula is C25H27N5O2. The third kappa shape index (κ3) is 3.24. The van der Waals surface area contributed by atoms with Crippen molar-refractivity contribution >= 4 is 27.8 Å². The van der Waals surface area contributed by atoms with Crippen molar-refractivity contribution in [2.24, 2.45) is 5.92 Å². The molecule has 7 heteroatoms. The molecule has 32 heavy (non-hydrogen) atoms. The molecule has 0 radical (unpaired) electrons. The molecule has 1 aliphatic heterocycles. The van der Waals surface area contributed by atoms with E-state index in [1.54, 1.807) is 0 Å².